The number of hydrogen-bond acceptors (Lipinski definition) is 4. The number of aryl methyl sites for hydroxylation is 1. The van der Waals surface area contributed by atoms with Gasteiger partial charge in [0.2, 0.25) is 0 Å². The topological polar surface area (TPSA) is 51.2 Å². The summed E-state index contributed by atoms with van der Waals surface area (Å²) >= 11 is 10.6. The van der Waals surface area contributed by atoms with Crippen LogP contribution >= 0.6 is 38.9 Å². The zero-order valence-corrected chi connectivity index (χ0v) is 17.1. The van der Waals surface area contributed by atoms with Crippen molar-refractivity contribution in [2.45, 2.75) is 13.3 Å². The Morgan fingerprint density at radius 2 is 2.04 bits per heavy atom. The molecule has 0 aliphatic heterocycles. The van der Waals surface area contributed by atoms with Crippen LogP contribution in [0.4, 0.5) is 5.13 Å². The molecular weight excluding hydrogens is 436 g/mol. The average molecular weight is 452 g/mol. The van der Waals surface area contributed by atoms with Gasteiger partial charge in [-0.15, -0.1) is 11.3 Å². The lowest BCUT2D eigenvalue weighted by Gasteiger charge is -2.07. The van der Waals surface area contributed by atoms with Gasteiger partial charge in [-0.25, -0.2) is 4.98 Å². The monoisotopic (exact) mass is 450 g/mol. The van der Waals surface area contributed by atoms with Crippen molar-refractivity contribution in [2.24, 2.45) is 0 Å². The quantitative estimate of drug-likeness (QED) is 0.515. The standard InChI is InChI=1S/C19H16BrClN2O2S/c1-2-12-3-5-13(6-4-12)16-11-26-19(22-16)23-18(24)10-25-17-8-7-14(21)9-15(17)20/h3-9,11H,2,10H2,1H3,(H,22,23,24). The van der Waals surface area contributed by atoms with Crippen LogP contribution < -0.4 is 10.1 Å². The summed E-state index contributed by atoms with van der Waals surface area (Å²) in [7, 11) is 0. The van der Waals surface area contributed by atoms with Gasteiger partial charge in [-0.1, -0.05) is 42.8 Å². The highest BCUT2D eigenvalue weighted by molar-refractivity contribution is 9.10. The van der Waals surface area contributed by atoms with Crippen LogP contribution in [0, 0.1) is 0 Å². The van der Waals surface area contributed by atoms with Crippen molar-refractivity contribution in [2.75, 3.05) is 11.9 Å². The Morgan fingerprint density at radius 1 is 1.27 bits per heavy atom. The van der Waals surface area contributed by atoms with Crippen LogP contribution in [-0.4, -0.2) is 17.5 Å². The van der Waals surface area contributed by atoms with Crippen molar-refractivity contribution >= 4 is 49.9 Å². The largest absolute Gasteiger partial charge is 0.483 e. The minimum absolute atomic E-state index is 0.111. The Bertz CT molecular complexity index is 912. The second-order valence-corrected chi connectivity index (χ2v) is 7.65. The molecule has 0 fully saturated rings. The van der Waals surface area contributed by atoms with Crippen molar-refractivity contribution in [1.29, 1.82) is 0 Å². The fraction of sp³-hybridized carbons (Fsp3) is 0.158. The second kappa shape index (κ2) is 8.66. The molecule has 1 amide bonds. The maximum absolute atomic E-state index is 12.1. The minimum Gasteiger partial charge on any atom is -0.483 e. The molecule has 26 heavy (non-hydrogen) atoms. The first-order valence-electron chi connectivity index (χ1n) is 7.97. The van der Waals surface area contributed by atoms with Gasteiger partial charge in [0.25, 0.3) is 5.91 Å². The van der Waals surface area contributed by atoms with Gasteiger partial charge in [0.1, 0.15) is 5.75 Å². The van der Waals surface area contributed by atoms with E-state index in [2.05, 4.69) is 45.3 Å². The fourth-order valence-electron chi connectivity index (χ4n) is 2.27. The molecule has 3 rings (SSSR count). The minimum atomic E-state index is -0.269. The highest BCUT2D eigenvalue weighted by Gasteiger charge is 2.10. The van der Waals surface area contributed by atoms with Crippen LogP contribution in [-0.2, 0) is 11.2 Å². The molecule has 0 bridgehead atoms. The molecule has 0 saturated carbocycles. The summed E-state index contributed by atoms with van der Waals surface area (Å²) in [5.74, 6) is 0.287. The molecule has 1 heterocycles. The van der Waals surface area contributed by atoms with Gasteiger partial charge < -0.3 is 4.74 Å². The molecule has 0 spiro atoms. The number of carbonyl (C=O) groups excluding carboxylic acids is 1. The van der Waals surface area contributed by atoms with E-state index in [1.165, 1.54) is 16.9 Å². The number of carbonyl (C=O) groups is 1. The molecule has 134 valence electrons. The lowest BCUT2D eigenvalue weighted by molar-refractivity contribution is -0.118. The van der Waals surface area contributed by atoms with Gasteiger partial charge >= 0.3 is 0 Å². The first-order chi connectivity index (χ1) is 12.5. The summed E-state index contributed by atoms with van der Waals surface area (Å²) in [5, 5.41) is 5.82. The van der Waals surface area contributed by atoms with Crippen molar-refractivity contribution in [1.82, 2.24) is 4.98 Å². The number of hydrogen-bond donors (Lipinski definition) is 1. The number of aromatic nitrogens is 1. The number of anilines is 1. The molecular formula is C19H16BrClN2O2S. The molecule has 4 nitrogen and oxygen atoms in total. The molecule has 0 aliphatic rings. The summed E-state index contributed by atoms with van der Waals surface area (Å²) in [5.41, 5.74) is 3.15. The third kappa shape index (κ3) is 4.84. The third-order valence-corrected chi connectivity index (χ3v) is 5.27. The van der Waals surface area contributed by atoms with E-state index in [0.29, 0.717) is 20.4 Å². The molecule has 1 N–H and O–H groups in total. The van der Waals surface area contributed by atoms with Crippen molar-refractivity contribution in [3.8, 4) is 17.0 Å². The number of nitrogens with zero attached hydrogens (tertiary/aromatic N) is 1. The van der Waals surface area contributed by atoms with Gasteiger partial charge in [0.05, 0.1) is 10.2 Å². The number of amides is 1. The summed E-state index contributed by atoms with van der Waals surface area (Å²) in [6.45, 7) is 2.01. The van der Waals surface area contributed by atoms with Crippen molar-refractivity contribution < 1.29 is 9.53 Å². The van der Waals surface area contributed by atoms with Crippen LogP contribution in [0.3, 0.4) is 0 Å². The van der Waals surface area contributed by atoms with Gasteiger partial charge in [0.15, 0.2) is 11.7 Å². The Labute approximate surface area is 169 Å². The number of halogens is 2. The Kier molecular flexibility index (Phi) is 6.29. The summed E-state index contributed by atoms with van der Waals surface area (Å²) < 4.78 is 6.20. The van der Waals surface area contributed by atoms with E-state index >= 15 is 0 Å². The van der Waals surface area contributed by atoms with Gasteiger partial charge in [-0.2, -0.15) is 0 Å². The SMILES string of the molecule is CCc1ccc(-c2csc(NC(=O)COc3ccc(Cl)cc3Br)n2)cc1. The van der Waals surface area contributed by atoms with Crippen LogP contribution in [0.15, 0.2) is 52.3 Å². The molecule has 7 heteroatoms. The van der Waals surface area contributed by atoms with E-state index in [1.54, 1.807) is 18.2 Å². The average Bonchev–Trinajstić information content (AvgIpc) is 3.09. The fourth-order valence-corrected chi connectivity index (χ4v) is 3.80. The van der Waals surface area contributed by atoms with E-state index in [0.717, 1.165) is 17.7 Å². The number of benzene rings is 2. The van der Waals surface area contributed by atoms with E-state index < -0.39 is 0 Å². The van der Waals surface area contributed by atoms with Crippen LogP contribution in [0.2, 0.25) is 5.02 Å². The number of thiazole rings is 1. The predicted octanol–water partition coefficient (Wildman–Crippen LogP) is 5.81. The maximum atomic E-state index is 12.1. The molecule has 2 aromatic carbocycles. The zero-order valence-electron chi connectivity index (χ0n) is 14.0. The van der Waals surface area contributed by atoms with Crippen LogP contribution in [0.5, 0.6) is 5.75 Å². The second-order valence-electron chi connectivity index (χ2n) is 5.50. The Hall–Kier alpha value is -1.89. The lowest BCUT2D eigenvalue weighted by atomic mass is 10.1. The molecule has 3 aromatic rings. The predicted molar refractivity (Wildman–Crippen MR) is 110 cm³/mol. The summed E-state index contributed by atoms with van der Waals surface area (Å²) in [4.78, 5) is 16.5. The normalized spacial score (nSPS) is 10.6. The van der Waals surface area contributed by atoms with E-state index in [9.17, 15) is 4.79 Å². The van der Waals surface area contributed by atoms with Crippen molar-refractivity contribution in [3.63, 3.8) is 0 Å². The first kappa shape index (κ1) is 18.9. The number of rotatable bonds is 6. The number of nitrogens with one attached hydrogen (secondary N) is 1. The molecule has 1 aromatic heterocycles. The van der Waals surface area contributed by atoms with Gasteiger partial charge in [0, 0.05) is 16.0 Å². The lowest BCUT2D eigenvalue weighted by Crippen LogP contribution is -2.20. The highest BCUT2D eigenvalue weighted by Crippen LogP contribution is 2.28. The van der Waals surface area contributed by atoms with Gasteiger partial charge in [-0.3, -0.25) is 10.1 Å². The molecule has 0 aliphatic carbocycles. The third-order valence-electron chi connectivity index (χ3n) is 3.66. The Morgan fingerprint density at radius 3 is 2.73 bits per heavy atom. The van der Waals surface area contributed by atoms with Gasteiger partial charge in [-0.05, 0) is 46.1 Å². The first-order valence-corrected chi connectivity index (χ1v) is 10.0. The molecule has 0 atom stereocenters. The van der Waals surface area contributed by atoms with Crippen LogP contribution in [0.1, 0.15) is 12.5 Å². The number of ether oxygens (including phenoxy) is 1. The maximum Gasteiger partial charge on any atom is 0.264 e. The molecule has 0 radical (unpaired) electrons. The summed E-state index contributed by atoms with van der Waals surface area (Å²) in [6, 6.07) is 13.4. The Balaban J connectivity index is 1.58. The highest BCUT2D eigenvalue weighted by atomic mass is 79.9. The summed E-state index contributed by atoms with van der Waals surface area (Å²) in [6.07, 6.45) is 1.00. The zero-order chi connectivity index (χ0) is 18.5. The van der Waals surface area contributed by atoms with E-state index in [1.807, 2.05) is 17.5 Å². The van der Waals surface area contributed by atoms with Crippen LogP contribution in [0.25, 0.3) is 11.3 Å². The van der Waals surface area contributed by atoms with E-state index in [4.69, 9.17) is 16.3 Å². The molecule has 0 saturated heterocycles. The van der Waals surface area contributed by atoms with E-state index in [-0.39, 0.29) is 12.5 Å². The molecule has 0 unspecified atom stereocenters. The van der Waals surface area contributed by atoms with Crippen molar-refractivity contribution in [3.05, 3.63) is 62.9 Å². The smallest absolute Gasteiger partial charge is 0.264 e.